The molecule has 7 heteroatoms. The first-order chi connectivity index (χ1) is 16.9. The number of aliphatic hydroxyl groups is 1. The van der Waals surface area contributed by atoms with Crippen LogP contribution in [0.2, 0.25) is 0 Å². The summed E-state index contributed by atoms with van der Waals surface area (Å²) in [6.45, 7) is 11.5. The highest BCUT2D eigenvalue weighted by atomic mass is 16.5. The van der Waals surface area contributed by atoms with Gasteiger partial charge in [-0.15, -0.1) is 12.3 Å². The largest absolute Gasteiger partial charge is 0.493 e. The topological polar surface area (TPSA) is 91.3 Å². The summed E-state index contributed by atoms with van der Waals surface area (Å²) < 4.78 is 22.4. The van der Waals surface area contributed by atoms with E-state index in [1.807, 2.05) is 13.8 Å². The van der Waals surface area contributed by atoms with E-state index in [0.717, 1.165) is 44.9 Å². The lowest BCUT2D eigenvalue weighted by atomic mass is 10.00. The predicted molar refractivity (Wildman–Crippen MR) is 141 cm³/mol. The Kier molecular flexibility index (Phi) is 13.4. The number of hydrogen-bond donors (Lipinski definition) is 1. The number of hydrogen-bond acceptors (Lipinski definition) is 7. The van der Waals surface area contributed by atoms with Crippen LogP contribution in [0.4, 0.5) is 0 Å². The van der Waals surface area contributed by atoms with Gasteiger partial charge in [0, 0.05) is 6.42 Å². The maximum Gasteiger partial charge on any atom is 0.342 e. The minimum Gasteiger partial charge on any atom is -0.493 e. The van der Waals surface area contributed by atoms with Crippen molar-refractivity contribution >= 4 is 11.9 Å². The maximum absolute atomic E-state index is 12.7. The van der Waals surface area contributed by atoms with Crippen LogP contribution in [-0.4, -0.2) is 48.1 Å². The first-order valence-corrected chi connectivity index (χ1v) is 12.9. The average molecular weight is 505 g/mol. The van der Waals surface area contributed by atoms with E-state index < -0.39 is 23.1 Å². The lowest BCUT2D eigenvalue weighted by molar-refractivity contribution is 0.0491. The SMILES string of the molecule is C#CCC(C)(C)Oc1cc(C(=O)OCC)c(OCCCCCCCCC(C)(C)O)cc1C(=O)OCC. The van der Waals surface area contributed by atoms with Gasteiger partial charge in [-0.3, -0.25) is 0 Å². The maximum atomic E-state index is 12.7. The molecule has 0 amide bonds. The Hall–Kier alpha value is -2.72. The van der Waals surface area contributed by atoms with Gasteiger partial charge in [-0.25, -0.2) is 9.59 Å². The zero-order chi connectivity index (χ0) is 27.2. The third kappa shape index (κ3) is 11.8. The van der Waals surface area contributed by atoms with Crippen LogP contribution >= 0.6 is 0 Å². The fourth-order valence-electron chi connectivity index (χ4n) is 3.63. The van der Waals surface area contributed by atoms with Crippen molar-refractivity contribution in [2.45, 2.75) is 104 Å². The fraction of sp³-hybridized carbons (Fsp3) is 0.655. The summed E-state index contributed by atoms with van der Waals surface area (Å²) in [5.74, 6) is 1.87. The minimum absolute atomic E-state index is 0.164. The Morgan fingerprint density at radius 2 is 1.36 bits per heavy atom. The van der Waals surface area contributed by atoms with E-state index in [-0.39, 0.29) is 35.8 Å². The Morgan fingerprint density at radius 3 is 1.89 bits per heavy atom. The van der Waals surface area contributed by atoms with Crippen molar-refractivity contribution in [3.05, 3.63) is 23.3 Å². The number of unbranched alkanes of at least 4 members (excludes halogenated alkanes) is 5. The van der Waals surface area contributed by atoms with Gasteiger partial charge in [0.05, 0.1) is 25.4 Å². The summed E-state index contributed by atoms with van der Waals surface area (Å²) in [7, 11) is 0. The standard InChI is InChI=1S/C29H44O7/c1-8-17-29(6,7)36-25-21-22(26(30)33-9-2)24(20-23(25)27(31)34-10-3)35-19-16-14-12-11-13-15-18-28(4,5)32/h1,20-21,32H,9-19H2,2-7H3. The van der Waals surface area contributed by atoms with E-state index >= 15 is 0 Å². The van der Waals surface area contributed by atoms with Gasteiger partial charge in [0.15, 0.2) is 0 Å². The van der Waals surface area contributed by atoms with E-state index in [4.69, 9.17) is 25.4 Å². The Balaban J connectivity index is 2.96. The van der Waals surface area contributed by atoms with E-state index in [9.17, 15) is 14.7 Å². The molecule has 7 nitrogen and oxygen atoms in total. The summed E-state index contributed by atoms with van der Waals surface area (Å²) >= 11 is 0. The van der Waals surface area contributed by atoms with Crippen molar-refractivity contribution in [3.8, 4) is 23.8 Å². The van der Waals surface area contributed by atoms with Crippen LogP contribution < -0.4 is 9.47 Å². The molecule has 0 fully saturated rings. The van der Waals surface area contributed by atoms with Crippen LogP contribution in [0.15, 0.2) is 12.1 Å². The van der Waals surface area contributed by atoms with Gasteiger partial charge in [0.2, 0.25) is 0 Å². The molecule has 0 aliphatic heterocycles. The van der Waals surface area contributed by atoms with Crippen LogP contribution in [0.3, 0.4) is 0 Å². The number of terminal acetylenes is 1. The van der Waals surface area contributed by atoms with E-state index in [0.29, 0.717) is 13.0 Å². The smallest absolute Gasteiger partial charge is 0.342 e. The quantitative estimate of drug-likeness (QED) is 0.156. The van der Waals surface area contributed by atoms with Crippen LogP contribution in [-0.2, 0) is 9.47 Å². The fourth-order valence-corrected chi connectivity index (χ4v) is 3.63. The highest BCUT2D eigenvalue weighted by Gasteiger charge is 2.27. The van der Waals surface area contributed by atoms with Gasteiger partial charge in [-0.2, -0.15) is 0 Å². The normalized spacial score (nSPS) is 11.5. The first-order valence-electron chi connectivity index (χ1n) is 12.9. The zero-order valence-corrected chi connectivity index (χ0v) is 22.9. The molecule has 0 aliphatic rings. The highest BCUT2D eigenvalue weighted by Crippen LogP contribution is 2.33. The zero-order valence-electron chi connectivity index (χ0n) is 22.9. The summed E-state index contributed by atoms with van der Waals surface area (Å²) in [5, 5.41) is 9.78. The predicted octanol–water partition coefficient (Wildman–Crippen LogP) is 6.10. The van der Waals surface area contributed by atoms with Gasteiger partial charge in [0.1, 0.15) is 28.2 Å². The number of carbonyl (C=O) groups is 2. The summed E-state index contributed by atoms with van der Waals surface area (Å²) in [4.78, 5) is 25.4. The Morgan fingerprint density at radius 1 is 0.861 bits per heavy atom. The number of esters is 2. The van der Waals surface area contributed by atoms with Crippen molar-refractivity contribution in [1.29, 1.82) is 0 Å². The van der Waals surface area contributed by atoms with Crippen LogP contribution in [0, 0.1) is 12.3 Å². The molecule has 0 spiro atoms. The van der Waals surface area contributed by atoms with Crippen molar-refractivity contribution in [1.82, 2.24) is 0 Å². The van der Waals surface area contributed by atoms with Crippen molar-refractivity contribution < 1.29 is 33.6 Å². The molecule has 36 heavy (non-hydrogen) atoms. The number of carbonyl (C=O) groups excluding carboxylic acids is 2. The van der Waals surface area contributed by atoms with Gasteiger partial charge in [-0.05, 0) is 66.5 Å². The van der Waals surface area contributed by atoms with Gasteiger partial charge in [-0.1, -0.05) is 32.1 Å². The van der Waals surface area contributed by atoms with E-state index in [1.54, 1.807) is 27.7 Å². The molecular formula is C29H44O7. The summed E-state index contributed by atoms with van der Waals surface area (Å²) in [6, 6.07) is 2.96. The molecule has 0 saturated carbocycles. The molecular weight excluding hydrogens is 460 g/mol. The number of rotatable bonds is 17. The molecule has 0 saturated heterocycles. The highest BCUT2D eigenvalue weighted by molar-refractivity contribution is 5.98. The second-order valence-electron chi connectivity index (χ2n) is 10.1. The van der Waals surface area contributed by atoms with E-state index in [1.165, 1.54) is 12.1 Å². The molecule has 0 atom stereocenters. The molecule has 1 aromatic carbocycles. The van der Waals surface area contributed by atoms with Crippen LogP contribution in [0.5, 0.6) is 11.5 Å². The molecule has 202 valence electrons. The lowest BCUT2D eigenvalue weighted by Crippen LogP contribution is -2.28. The van der Waals surface area contributed by atoms with Gasteiger partial charge < -0.3 is 24.1 Å². The summed E-state index contributed by atoms with van der Waals surface area (Å²) in [6.07, 6.45) is 12.6. The van der Waals surface area contributed by atoms with Crippen molar-refractivity contribution in [2.24, 2.45) is 0 Å². The Bertz CT molecular complexity index is 875. The number of ether oxygens (including phenoxy) is 4. The molecule has 0 aromatic heterocycles. The van der Waals surface area contributed by atoms with Crippen LogP contribution in [0.25, 0.3) is 0 Å². The van der Waals surface area contributed by atoms with E-state index in [2.05, 4.69) is 5.92 Å². The van der Waals surface area contributed by atoms with Gasteiger partial charge >= 0.3 is 11.9 Å². The van der Waals surface area contributed by atoms with Crippen molar-refractivity contribution in [2.75, 3.05) is 19.8 Å². The van der Waals surface area contributed by atoms with Crippen molar-refractivity contribution in [3.63, 3.8) is 0 Å². The molecule has 1 rings (SSSR count). The lowest BCUT2D eigenvalue weighted by Gasteiger charge is -2.26. The second kappa shape index (κ2) is 15.4. The first kappa shape index (κ1) is 31.3. The second-order valence-corrected chi connectivity index (χ2v) is 10.1. The molecule has 1 aromatic rings. The minimum atomic E-state index is -0.767. The monoisotopic (exact) mass is 504 g/mol. The van der Waals surface area contributed by atoms with Crippen LogP contribution in [0.1, 0.15) is 114 Å². The molecule has 1 N–H and O–H groups in total. The third-order valence-electron chi connectivity index (χ3n) is 5.43. The molecule has 0 unspecified atom stereocenters. The van der Waals surface area contributed by atoms with Gasteiger partial charge in [0.25, 0.3) is 0 Å². The number of benzene rings is 1. The molecule has 0 heterocycles. The molecule has 0 radical (unpaired) electrons. The average Bonchev–Trinajstić information content (AvgIpc) is 2.77. The summed E-state index contributed by atoms with van der Waals surface area (Å²) in [5.41, 5.74) is -1.03. The molecule has 0 aliphatic carbocycles. The third-order valence-corrected chi connectivity index (χ3v) is 5.43. The Labute approximate surface area is 216 Å². The molecule has 0 bridgehead atoms.